The summed E-state index contributed by atoms with van der Waals surface area (Å²) in [5, 5.41) is 14.3. The van der Waals surface area contributed by atoms with Crippen molar-refractivity contribution in [2.45, 2.75) is 44.4 Å². The number of carbonyl (C=O) groups excluding carboxylic acids is 1. The van der Waals surface area contributed by atoms with Crippen LogP contribution >= 0.6 is 0 Å². The monoisotopic (exact) mass is 357 g/mol. The first-order valence-electron chi connectivity index (χ1n) is 9.05. The summed E-state index contributed by atoms with van der Waals surface area (Å²) in [6.07, 6.45) is 5.37. The summed E-state index contributed by atoms with van der Waals surface area (Å²) in [5.41, 5.74) is 0.856. The number of nitrogens with zero attached hydrogens (tertiary/aromatic N) is 5. The molecular formula is C18H23N5O3. The molecule has 4 heterocycles. The predicted molar refractivity (Wildman–Crippen MR) is 92.9 cm³/mol. The third kappa shape index (κ3) is 3.34. The number of rotatable bonds is 3. The topological polar surface area (TPSA) is 95.6 Å². The van der Waals surface area contributed by atoms with Crippen LogP contribution in [0.4, 0.5) is 0 Å². The number of aliphatic hydroxyl groups is 1. The maximum absolute atomic E-state index is 11.5. The van der Waals surface area contributed by atoms with Crippen LogP contribution in [0.3, 0.4) is 0 Å². The van der Waals surface area contributed by atoms with Gasteiger partial charge in [0.2, 0.25) is 17.6 Å². The highest BCUT2D eigenvalue weighted by Crippen LogP contribution is 2.36. The summed E-state index contributed by atoms with van der Waals surface area (Å²) in [4.78, 5) is 24.3. The third-order valence-electron chi connectivity index (χ3n) is 5.36. The van der Waals surface area contributed by atoms with E-state index < -0.39 is 6.10 Å². The van der Waals surface area contributed by atoms with Crippen molar-refractivity contribution in [1.29, 1.82) is 0 Å². The minimum atomic E-state index is -0.401. The van der Waals surface area contributed by atoms with Crippen LogP contribution in [0.25, 0.3) is 11.4 Å². The number of aliphatic hydroxyl groups excluding tert-OH is 1. The molecule has 0 spiro atoms. The molecule has 4 rings (SSSR count). The van der Waals surface area contributed by atoms with Crippen molar-refractivity contribution < 1.29 is 14.4 Å². The molecule has 1 N–H and O–H groups in total. The van der Waals surface area contributed by atoms with E-state index >= 15 is 0 Å². The second-order valence-corrected chi connectivity index (χ2v) is 7.03. The Hall–Kier alpha value is -2.32. The Bertz CT molecular complexity index is 757. The molecule has 26 heavy (non-hydrogen) atoms. The van der Waals surface area contributed by atoms with Crippen LogP contribution < -0.4 is 0 Å². The van der Waals surface area contributed by atoms with E-state index in [-0.39, 0.29) is 11.9 Å². The first-order valence-corrected chi connectivity index (χ1v) is 9.05. The quantitative estimate of drug-likeness (QED) is 0.883. The molecular weight excluding hydrogens is 334 g/mol. The van der Waals surface area contributed by atoms with Gasteiger partial charge in [-0.2, -0.15) is 4.98 Å². The fourth-order valence-electron chi connectivity index (χ4n) is 3.99. The number of hydrogen-bond acceptors (Lipinski definition) is 7. The highest BCUT2D eigenvalue weighted by Gasteiger charge is 2.40. The molecule has 0 aromatic carbocycles. The highest BCUT2D eigenvalue weighted by atomic mass is 16.5. The molecule has 0 radical (unpaired) electrons. The van der Waals surface area contributed by atoms with Crippen molar-refractivity contribution in [1.82, 2.24) is 24.9 Å². The van der Waals surface area contributed by atoms with Crippen molar-refractivity contribution in [3.63, 3.8) is 0 Å². The molecule has 2 aromatic heterocycles. The van der Waals surface area contributed by atoms with E-state index in [4.69, 9.17) is 4.52 Å². The molecule has 2 atom stereocenters. The molecule has 1 amide bonds. The van der Waals surface area contributed by atoms with Gasteiger partial charge in [0.15, 0.2) is 0 Å². The lowest BCUT2D eigenvalue weighted by atomic mass is 10.0. The third-order valence-corrected chi connectivity index (χ3v) is 5.36. The first kappa shape index (κ1) is 17.1. The van der Waals surface area contributed by atoms with Crippen LogP contribution in [-0.2, 0) is 4.79 Å². The number of likely N-dealkylation sites (tertiary alicyclic amines) is 2. The smallest absolute Gasteiger partial charge is 0.244 e. The van der Waals surface area contributed by atoms with E-state index in [2.05, 4.69) is 20.0 Å². The van der Waals surface area contributed by atoms with Gasteiger partial charge in [-0.3, -0.25) is 14.7 Å². The standard InChI is InChI=1S/C18H23N5O3/c1-12(24)22-8-4-14(5-9-22)23-11-15(25)10-16(23)18-20-17(21-26-18)13-2-6-19-7-3-13/h2-3,6-7,14-16,25H,4-5,8-11H2,1H3. The van der Waals surface area contributed by atoms with Crippen LogP contribution in [-0.4, -0.2) is 67.7 Å². The Morgan fingerprint density at radius 3 is 2.69 bits per heavy atom. The van der Waals surface area contributed by atoms with Gasteiger partial charge in [0.05, 0.1) is 12.1 Å². The molecule has 0 aliphatic carbocycles. The zero-order chi connectivity index (χ0) is 18.1. The second kappa shape index (κ2) is 7.13. The summed E-state index contributed by atoms with van der Waals surface area (Å²) >= 11 is 0. The predicted octanol–water partition coefficient (Wildman–Crippen LogP) is 1.25. The Balaban J connectivity index is 1.50. The van der Waals surface area contributed by atoms with Crippen molar-refractivity contribution in [2.24, 2.45) is 0 Å². The molecule has 2 fully saturated rings. The van der Waals surface area contributed by atoms with Gasteiger partial charge < -0.3 is 14.5 Å². The average molecular weight is 357 g/mol. The van der Waals surface area contributed by atoms with Gasteiger partial charge in [-0.25, -0.2) is 0 Å². The van der Waals surface area contributed by atoms with Gasteiger partial charge in [-0.05, 0) is 31.4 Å². The van der Waals surface area contributed by atoms with E-state index in [1.54, 1.807) is 19.3 Å². The van der Waals surface area contributed by atoms with E-state index in [1.807, 2.05) is 17.0 Å². The van der Waals surface area contributed by atoms with Crippen LogP contribution in [0, 0.1) is 0 Å². The Kier molecular flexibility index (Phi) is 4.69. The summed E-state index contributed by atoms with van der Waals surface area (Å²) in [6, 6.07) is 3.91. The SMILES string of the molecule is CC(=O)N1CCC(N2CC(O)CC2c2nc(-c3ccncc3)no2)CC1. The summed E-state index contributed by atoms with van der Waals surface area (Å²) in [6.45, 7) is 3.72. The number of amides is 1. The number of β-amino-alcohol motifs (C(OH)–C–C–N with tert-alkyl or cyclic N) is 1. The zero-order valence-electron chi connectivity index (χ0n) is 14.8. The maximum atomic E-state index is 11.5. The molecule has 8 nitrogen and oxygen atoms in total. The average Bonchev–Trinajstić information content (AvgIpc) is 3.29. The van der Waals surface area contributed by atoms with E-state index in [0.29, 0.717) is 30.7 Å². The van der Waals surface area contributed by atoms with Gasteiger partial charge in [0.25, 0.3) is 0 Å². The molecule has 0 bridgehead atoms. The summed E-state index contributed by atoms with van der Waals surface area (Å²) in [7, 11) is 0. The van der Waals surface area contributed by atoms with Gasteiger partial charge in [-0.15, -0.1) is 0 Å². The maximum Gasteiger partial charge on any atom is 0.244 e. The van der Waals surface area contributed by atoms with Crippen LogP contribution in [0.1, 0.15) is 38.1 Å². The van der Waals surface area contributed by atoms with E-state index in [1.165, 1.54) is 0 Å². The molecule has 138 valence electrons. The molecule has 2 aromatic rings. The molecule has 2 saturated heterocycles. The lowest BCUT2D eigenvalue weighted by molar-refractivity contribution is -0.130. The van der Waals surface area contributed by atoms with Gasteiger partial charge in [-0.1, -0.05) is 5.16 Å². The minimum Gasteiger partial charge on any atom is -0.392 e. The van der Waals surface area contributed by atoms with E-state index in [0.717, 1.165) is 31.5 Å². The molecule has 2 aliphatic heterocycles. The van der Waals surface area contributed by atoms with Crippen molar-refractivity contribution >= 4 is 5.91 Å². The number of piperidine rings is 1. The Labute approximate surface area is 151 Å². The lowest BCUT2D eigenvalue weighted by Crippen LogP contribution is -2.46. The Morgan fingerprint density at radius 2 is 2.00 bits per heavy atom. The largest absolute Gasteiger partial charge is 0.392 e. The summed E-state index contributed by atoms with van der Waals surface area (Å²) < 4.78 is 5.53. The van der Waals surface area contributed by atoms with E-state index in [9.17, 15) is 9.90 Å². The minimum absolute atomic E-state index is 0.0815. The van der Waals surface area contributed by atoms with Gasteiger partial charge >= 0.3 is 0 Å². The molecule has 2 unspecified atom stereocenters. The van der Waals surface area contributed by atoms with Crippen molar-refractivity contribution in [3.05, 3.63) is 30.4 Å². The molecule has 8 heteroatoms. The van der Waals surface area contributed by atoms with Gasteiger partial charge in [0, 0.05) is 50.6 Å². The number of carbonyl (C=O) groups is 1. The molecule has 0 saturated carbocycles. The molecule has 2 aliphatic rings. The zero-order valence-corrected chi connectivity index (χ0v) is 14.8. The van der Waals surface area contributed by atoms with Crippen LogP contribution in [0.2, 0.25) is 0 Å². The fraction of sp³-hybridized carbons (Fsp3) is 0.556. The fourth-order valence-corrected chi connectivity index (χ4v) is 3.99. The highest BCUT2D eigenvalue weighted by molar-refractivity contribution is 5.73. The van der Waals surface area contributed by atoms with Crippen LogP contribution in [0.5, 0.6) is 0 Å². The Morgan fingerprint density at radius 1 is 1.27 bits per heavy atom. The first-order chi connectivity index (χ1) is 12.6. The normalized spacial score (nSPS) is 24.9. The number of hydrogen-bond donors (Lipinski definition) is 1. The van der Waals surface area contributed by atoms with Crippen LogP contribution in [0.15, 0.2) is 29.0 Å². The van der Waals surface area contributed by atoms with Gasteiger partial charge in [0.1, 0.15) is 0 Å². The number of aromatic nitrogens is 3. The number of pyridine rings is 1. The second-order valence-electron chi connectivity index (χ2n) is 7.03. The van der Waals surface area contributed by atoms with Crippen molar-refractivity contribution in [2.75, 3.05) is 19.6 Å². The lowest BCUT2D eigenvalue weighted by Gasteiger charge is -2.38. The van der Waals surface area contributed by atoms with Crippen molar-refractivity contribution in [3.8, 4) is 11.4 Å². The summed E-state index contributed by atoms with van der Waals surface area (Å²) in [5.74, 6) is 1.21.